The number of hydrogen-bond donors (Lipinski definition) is 1. The Bertz CT molecular complexity index is 394. The van der Waals surface area contributed by atoms with E-state index in [0.29, 0.717) is 12.0 Å². The normalized spacial score (nSPS) is 21.8. The highest BCUT2D eigenvalue weighted by Gasteiger charge is 2.32. The summed E-state index contributed by atoms with van der Waals surface area (Å²) in [5, 5.41) is 0. The van der Waals surface area contributed by atoms with Crippen LogP contribution in [0.2, 0.25) is 0 Å². The molecule has 3 nitrogen and oxygen atoms in total. The Labute approximate surface area is 110 Å². The summed E-state index contributed by atoms with van der Waals surface area (Å²) in [6.45, 7) is 6.17. The third kappa shape index (κ3) is 2.38. The quantitative estimate of drug-likeness (QED) is 0.869. The van der Waals surface area contributed by atoms with Gasteiger partial charge < -0.3 is 15.4 Å². The first kappa shape index (κ1) is 13.4. The van der Waals surface area contributed by atoms with Crippen molar-refractivity contribution in [1.29, 1.82) is 0 Å². The number of nitrogens with two attached hydrogens (primary N) is 1. The van der Waals surface area contributed by atoms with E-state index in [1.807, 2.05) is 0 Å². The van der Waals surface area contributed by atoms with Crippen molar-refractivity contribution in [2.24, 2.45) is 5.73 Å². The van der Waals surface area contributed by atoms with Gasteiger partial charge in [0.1, 0.15) is 0 Å². The maximum atomic E-state index is 5.73. The Morgan fingerprint density at radius 2 is 2.11 bits per heavy atom. The minimum atomic E-state index is 0.231. The second-order valence-corrected chi connectivity index (χ2v) is 5.17. The van der Waals surface area contributed by atoms with Gasteiger partial charge in [0, 0.05) is 25.3 Å². The Morgan fingerprint density at radius 1 is 1.39 bits per heavy atom. The second kappa shape index (κ2) is 5.72. The molecule has 0 saturated carbocycles. The van der Waals surface area contributed by atoms with Crippen molar-refractivity contribution in [3.8, 4) is 0 Å². The molecule has 1 aromatic rings. The molecule has 2 N–H and O–H groups in total. The number of nitrogens with zero attached hydrogens (tertiary/aromatic N) is 1. The maximum absolute atomic E-state index is 5.73. The van der Waals surface area contributed by atoms with Gasteiger partial charge in [0.25, 0.3) is 0 Å². The first-order valence-electron chi connectivity index (χ1n) is 6.77. The van der Waals surface area contributed by atoms with E-state index in [-0.39, 0.29) is 6.10 Å². The average molecular weight is 248 g/mol. The smallest absolute Gasteiger partial charge is 0.0743 e. The molecule has 1 aliphatic heterocycles. The van der Waals surface area contributed by atoms with Crippen molar-refractivity contribution < 1.29 is 4.74 Å². The summed E-state index contributed by atoms with van der Waals surface area (Å²) in [6, 6.07) is 9.07. The molecule has 0 aromatic heterocycles. The SMILES string of the molecule is COC(C)C(C)N1CC(CCN)c2ccccc21. The van der Waals surface area contributed by atoms with Crippen molar-refractivity contribution in [3.63, 3.8) is 0 Å². The van der Waals surface area contributed by atoms with Crippen LogP contribution in [-0.4, -0.2) is 32.3 Å². The Kier molecular flexibility index (Phi) is 4.25. The van der Waals surface area contributed by atoms with Gasteiger partial charge in [-0.3, -0.25) is 0 Å². The zero-order chi connectivity index (χ0) is 13.1. The van der Waals surface area contributed by atoms with E-state index in [1.165, 1.54) is 11.3 Å². The summed E-state index contributed by atoms with van der Waals surface area (Å²) in [6.07, 6.45) is 1.29. The molecular formula is C15H24N2O. The summed E-state index contributed by atoms with van der Waals surface area (Å²) in [7, 11) is 1.78. The van der Waals surface area contributed by atoms with Gasteiger partial charge in [-0.2, -0.15) is 0 Å². The van der Waals surface area contributed by atoms with Gasteiger partial charge in [0.2, 0.25) is 0 Å². The van der Waals surface area contributed by atoms with E-state index in [0.717, 1.165) is 19.5 Å². The van der Waals surface area contributed by atoms with Crippen LogP contribution in [0.4, 0.5) is 5.69 Å². The molecule has 0 saturated heterocycles. The molecule has 0 amide bonds. The zero-order valence-electron chi connectivity index (χ0n) is 11.6. The number of benzene rings is 1. The molecule has 0 bridgehead atoms. The summed E-state index contributed by atoms with van der Waals surface area (Å²) in [4.78, 5) is 2.46. The Balaban J connectivity index is 2.25. The summed E-state index contributed by atoms with van der Waals surface area (Å²) in [5.41, 5.74) is 8.53. The van der Waals surface area contributed by atoms with Crippen molar-refractivity contribution in [3.05, 3.63) is 29.8 Å². The van der Waals surface area contributed by atoms with Gasteiger partial charge in [-0.15, -0.1) is 0 Å². The fraction of sp³-hybridized carbons (Fsp3) is 0.600. The third-order valence-electron chi connectivity index (χ3n) is 4.16. The molecule has 100 valence electrons. The molecule has 18 heavy (non-hydrogen) atoms. The topological polar surface area (TPSA) is 38.5 Å². The lowest BCUT2D eigenvalue weighted by atomic mass is 9.98. The van der Waals surface area contributed by atoms with Crippen LogP contribution >= 0.6 is 0 Å². The van der Waals surface area contributed by atoms with Crippen LogP contribution in [0.15, 0.2) is 24.3 Å². The molecule has 1 heterocycles. The minimum absolute atomic E-state index is 0.231. The first-order chi connectivity index (χ1) is 8.69. The molecule has 2 rings (SSSR count). The fourth-order valence-electron chi connectivity index (χ4n) is 2.81. The Morgan fingerprint density at radius 3 is 2.78 bits per heavy atom. The van der Waals surface area contributed by atoms with Crippen molar-refractivity contribution in [2.75, 3.05) is 25.1 Å². The molecule has 0 fully saturated rings. The van der Waals surface area contributed by atoms with E-state index in [4.69, 9.17) is 10.5 Å². The molecule has 0 radical (unpaired) electrons. The van der Waals surface area contributed by atoms with E-state index >= 15 is 0 Å². The van der Waals surface area contributed by atoms with Gasteiger partial charge in [0.05, 0.1) is 12.1 Å². The zero-order valence-corrected chi connectivity index (χ0v) is 11.6. The predicted octanol–water partition coefficient (Wildman–Crippen LogP) is 2.36. The molecular weight excluding hydrogens is 224 g/mol. The second-order valence-electron chi connectivity index (χ2n) is 5.17. The van der Waals surface area contributed by atoms with Gasteiger partial charge in [0.15, 0.2) is 0 Å². The highest BCUT2D eigenvalue weighted by Crippen LogP contribution is 2.39. The molecule has 3 heteroatoms. The summed E-state index contributed by atoms with van der Waals surface area (Å²) < 4.78 is 5.47. The van der Waals surface area contributed by atoms with Crippen LogP contribution in [0.5, 0.6) is 0 Å². The van der Waals surface area contributed by atoms with Gasteiger partial charge >= 0.3 is 0 Å². The molecule has 1 aliphatic rings. The monoisotopic (exact) mass is 248 g/mol. The molecule has 0 spiro atoms. The van der Waals surface area contributed by atoms with Crippen molar-refractivity contribution in [1.82, 2.24) is 0 Å². The van der Waals surface area contributed by atoms with Crippen LogP contribution in [0, 0.1) is 0 Å². The molecule has 1 aromatic carbocycles. The lowest BCUT2D eigenvalue weighted by Crippen LogP contribution is -2.40. The van der Waals surface area contributed by atoms with Crippen LogP contribution in [0.3, 0.4) is 0 Å². The van der Waals surface area contributed by atoms with Crippen molar-refractivity contribution >= 4 is 5.69 Å². The predicted molar refractivity (Wildman–Crippen MR) is 76.1 cm³/mol. The van der Waals surface area contributed by atoms with Gasteiger partial charge in [-0.05, 0) is 38.4 Å². The number of para-hydroxylation sites is 1. The number of hydrogen-bond acceptors (Lipinski definition) is 3. The minimum Gasteiger partial charge on any atom is -0.380 e. The average Bonchev–Trinajstić information content (AvgIpc) is 2.77. The highest BCUT2D eigenvalue weighted by atomic mass is 16.5. The standard InChI is InChI=1S/C15H24N2O/c1-11(12(2)18-3)17-10-13(8-9-16)14-6-4-5-7-15(14)17/h4-7,11-13H,8-10,16H2,1-3H3. The van der Waals surface area contributed by atoms with Crippen LogP contribution in [-0.2, 0) is 4.74 Å². The third-order valence-corrected chi connectivity index (χ3v) is 4.16. The number of fused-ring (bicyclic) bond motifs is 1. The summed E-state index contributed by atoms with van der Waals surface area (Å²) in [5.74, 6) is 0.567. The lowest BCUT2D eigenvalue weighted by Gasteiger charge is -2.31. The van der Waals surface area contributed by atoms with Crippen LogP contribution in [0.1, 0.15) is 31.7 Å². The van der Waals surface area contributed by atoms with Crippen LogP contribution < -0.4 is 10.6 Å². The van der Waals surface area contributed by atoms with Gasteiger partial charge in [-0.1, -0.05) is 18.2 Å². The van der Waals surface area contributed by atoms with E-state index < -0.39 is 0 Å². The fourth-order valence-corrected chi connectivity index (χ4v) is 2.81. The molecule has 3 atom stereocenters. The lowest BCUT2D eigenvalue weighted by molar-refractivity contribution is 0.0978. The Hall–Kier alpha value is -1.06. The number of ether oxygens (including phenoxy) is 1. The number of rotatable bonds is 5. The highest BCUT2D eigenvalue weighted by molar-refractivity contribution is 5.61. The number of methoxy groups -OCH3 is 1. The summed E-state index contributed by atoms with van der Waals surface area (Å²) >= 11 is 0. The molecule has 3 unspecified atom stereocenters. The van der Waals surface area contributed by atoms with Gasteiger partial charge in [-0.25, -0.2) is 0 Å². The molecule has 0 aliphatic carbocycles. The van der Waals surface area contributed by atoms with Crippen molar-refractivity contribution in [2.45, 2.75) is 38.3 Å². The van der Waals surface area contributed by atoms with E-state index in [2.05, 4.69) is 43.0 Å². The first-order valence-corrected chi connectivity index (χ1v) is 6.77. The van der Waals surface area contributed by atoms with E-state index in [1.54, 1.807) is 7.11 Å². The number of anilines is 1. The largest absolute Gasteiger partial charge is 0.380 e. The van der Waals surface area contributed by atoms with E-state index in [9.17, 15) is 0 Å². The van der Waals surface area contributed by atoms with Crippen LogP contribution in [0.25, 0.3) is 0 Å². The maximum Gasteiger partial charge on any atom is 0.0743 e.